The van der Waals surface area contributed by atoms with Gasteiger partial charge in [-0.25, -0.2) is 19.2 Å². The average molecular weight is 449 g/mol. The summed E-state index contributed by atoms with van der Waals surface area (Å²) in [5.74, 6) is -1.62. The molecule has 0 aromatic carbocycles. The molecule has 13 heteroatoms. The van der Waals surface area contributed by atoms with E-state index in [9.17, 15) is 29.1 Å². The molecule has 1 atom stereocenters. The first kappa shape index (κ1) is 27.8. The van der Waals surface area contributed by atoms with E-state index in [0.29, 0.717) is 0 Å². The quantitative estimate of drug-likeness (QED) is 0.327. The third-order valence-corrected chi connectivity index (χ3v) is 4.39. The molecule has 0 aromatic heterocycles. The maximum Gasteiger partial charge on any atom is 0.408 e. The predicted octanol–water partition coefficient (Wildman–Crippen LogP) is 1.22. The Morgan fingerprint density at radius 3 is 1.61 bits per heavy atom. The second kappa shape index (κ2) is 14.7. The minimum absolute atomic E-state index is 0.0171. The van der Waals surface area contributed by atoms with Gasteiger partial charge in [-0.1, -0.05) is 0 Å². The third-order valence-electron chi connectivity index (χ3n) is 4.39. The summed E-state index contributed by atoms with van der Waals surface area (Å²) in [6.45, 7) is 4.60. The van der Waals surface area contributed by atoms with Crippen molar-refractivity contribution in [1.82, 2.24) is 14.7 Å². The Labute approximate surface area is 180 Å². The highest BCUT2D eigenvalue weighted by Gasteiger charge is 2.31. The van der Waals surface area contributed by atoms with Crippen LogP contribution >= 0.6 is 0 Å². The molecule has 0 rings (SSSR count). The first-order valence-corrected chi connectivity index (χ1v) is 9.86. The summed E-state index contributed by atoms with van der Waals surface area (Å²) in [4.78, 5) is 60.5. The summed E-state index contributed by atoms with van der Waals surface area (Å²) >= 11 is 0. The fourth-order valence-electron chi connectivity index (χ4n) is 2.62. The topological polar surface area (TPSA) is 174 Å². The molecule has 13 nitrogen and oxygen atoms in total. The number of carbonyl (C=O) groups is 5. The smallest absolute Gasteiger partial charge is 0.408 e. The molecule has 0 saturated carbocycles. The van der Waals surface area contributed by atoms with Crippen LogP contribution in [-0.4, -0.2) is 112 Å². The van der Waals surface area contributed by atoms with Crippen LogP contribution in [-0.2, 0) is 19.1 Å². The van der Waals surface area contributed by atoms with E-state index in [0.717, 1.165) is 14.7 Å². The molecule has 3 N–H and O–H groups in total. The van der Waals surface area contributed by atoms with Crippen molar-refractivity contribution in [3.8, 4) is 0 Å². The van der Waals surface area contributed by atoms with Gasteiger partial charge in [0.1, 0.15) is 19.3 Å². The van der Waals surface area contributed by atoms with E-state index >= 15 is 0 Å². The highest BCUT2D eigenvalue weighted by molar-refractivity contribution is 5.81. The molecule has 31 heavy (non-hydrogen) atoms. The lowest BCUT2D eigenvalue weighted by Crippen LogP contribution is -2.46. The van der Waals surface area contributed by atoms with Crippen molar-refractivity contribution in [2.24, 2.45) is 0 Å². The van der Waals surface area contributed by atoms with Gasteiger partial charge < -0.3 is 34.6 Å². The van der Waals surface area contributed by atoms with Crippen molar-refractivity contribution in [2.45, 2.75) is 39.7 Å². The maximum absolute atomic E-state index is 12.4. The van der Waals surface area contributed by atoms with E-state index in [-0.39, 0.29) is 58.8 Å². The van der Waals surface area contributed by atoms with Gasteiger partial charge in [0.15, 0.2) is 0 Å². The largest absolute Gasteiger partial charge is 0.465 e. The van der Waals surface area contributed by atoms with Crippen LogP contribution in [0.15, 0.2) is 0 Å². The number of amides is 3. The van der Waals surface area contributed by atoms with E-state index in [2.05, 4.69) is 0 Å². The number of nitrogens with zero attached hydrogens (tertiary/aromatic N) is 3. The molecule has 0 aromatic rings. The maximum atomic E-state index is 12.4. The van der Waals surface area contributed by atoms with Crippen LogP contribution in [0.1, 0.15) is 33.6 Å². The molecular weight excluding hydrogens is 418 g/mol. The Kier molecular flexibility index (Phi) is 13.1. The Balaban J connectivity index is 4.82. The number of esters is 2. The molecule has 0 aliphatic carbocycles. The predicted molar refractivity (Wildman–Crippen MR) is 106 cm³/mol. The van der Waals surface area contributed by atoms with Crippen LogP contribution in [0.5, 0.6) is 0 Å². The fourth-order valence-corrected chi connectivity index (χ4v) is 2.62. The second-order valence-electron chi connectivity index (χ2n) is 6.24. The molecule has 0 fully saturated rings. The first-order valence-electron chi connectivity index (χ1n) is 9.86. The van der Waals surface area contributed by atoms with Crippen molar-refractivity contribution in [1.29, 1.82) is 0 Å². The van der Waals surface area contributed by atoms with E-state index in [1.807, 2.05) is 0 Å². The number of likely N-dealkylation sites (N-methyl/N-ethyl adjacent to an activating group) is 3. The minimum Gasteiger partial charge on any atom is -0.465 e. The van der Waals surface area contributed by atoms with E-state index in [1.165, 1.54) is 6.92 Å². The van der Waals surface area contributed by atoms with Crippen molar-refractivity contribution in [2.75, 3.05) is 45.9 Å². The lowest BCUT2D eigenvalue weighted by Gasteiger charge is -2.27. The van der Waals surface area contributed by atoms with Gasteiger partial charge in [-0.05, 0) is 27.2 Å². The molecule has 0 heterocycles. The number of carbonyl (C=O) groups excluding carboxylic acids is 2. The molecular formula is C18H31N3O10. The zero-order valence-electron chi connectivity index (χ0n) is 18.0. The van der Waals surface area contributed by atoms with Crippen LogP contribution < -0.4 is 0 Å². The number of hydrogen-bond acceptors (Lipinski definition) is 7. The first-order chi connectivity index (χ1) is 14.6. The molecule has 0 spiro atoms. The van der Waals surface area contributed by atoms with E-state index in [4.69, 9.17) is 19.7 Å². The van der Waals surface area contributed by atoms with Crippen LogP contribution in [0.4, 0.5) is 14.4 Å². The van der Waals surface area contributed by atoms with Gasteiger partial charge in [0, 0.05) is 26.1 Å². The van der Waals surface area contributed by atoms with Crippen LogP contribution in [0.2, 0.25) is 0 Å². The van der Waals surface area contributed by atoms with Gasteiger partial charge >= 0.3 is 30.2 Å². The van der Waals surface area contributed by atoms with Gasteiger partial charge in [0.2, 0.25) is 0 Å². The number of carboxylic acid groups (broad SMARTS) is 3. The third kappa shape index (κ3) is 10.4. The van der Waals surface area contributed by atoms with Crippen LogP contribution in [0.3, 0.4) is 0 Å². The summed E-state index contributed by atoms with van der Waals surface area (Å²) in [6, 6.07) is -1.28. The molecule has 0 bridgehead atoms. The van der Waals surface area contributed by atoms with E-state index < -0.39 is 36.3 Å². The lowest BCUT2D eigenvalue weighted by molar-refractivity contribution is -0.151. The molecule has 0 aliphatic heterocycles. The molecule has 0 aliphatic rings. The summed E-state index contributed by atoms with van der Waals surface area (Å²) in [5, 5.41) is 27.2. The zero-order chi connectivity index (χ0) is 24.0. The monoisotopic (exact) mass is 449 g/mol. The van der Waals surface area contributed by atoms with Crippen molar-refractivity contribution in [3.63, 3.8) is 0 Å². The van der Waals surface area contributed by atoms with Gasteiger partial charge in [-0.3, -0.25) is 9.69 Å². The molecule has 3 amide bonds. The molecule has 0 saturated heterocycles. The Hall–Kier alpha value is -3.25. The highest BCUT2D eigenvalue weighted by Crippen LogP contribution is 2.11. The highest BCUT2D eigenvalue weighted by atomic mass is 16.5. The van der Waals surface area contributed by atoms with Crippen LogP contribution in [0, 0.1) is 0 Å². The van der Waals surface area contributed by atoms with E-state index in [1.54, 1.807) is 13.8 Å². The normalized spacial score (nSPS) is 11.2. The SMILES string of the molecule is CCN(CCOC(=O)CCC(C(=O)OCCN(CC)C(=O)O)N(CC)C(=O)O)C(=O)O. The summed E-state index contributed by atoms with van der Waals surface area (Å²) in [6.07, 6.45) is -4.20. The summed E-state index contributed by atoms with van der Waals surface area (Å²) in [7, 11) is 0. The number of hydrogen-bond donors (Lipinski definition) is 3. The van der Waals surface area contributed by atoms with Gasteiger partial charge in [0.25, 0.3) is 0 Å². The van der Waals surface area contributed by atoms with Gasteiger partial charge in [0.05, 0.1) is 13.1 Å². The van der Waals surface area contributed by atoms with Crippen molar-refractivity contribution >= 4 is 30.2 Å². The molecule has 1 unspecified atom stereocenters. The van der Waals surface area contributed by atoms with Crippen molar-refractivity contribution < 1.29 is 48.8 Å². The Bertz CT molecular complexity index is 628. The standard InChI is InChI=1S/C18H31N3O10/c1-4-19(16(24)25)9-11-30-14(22)8-7-13(21(6-3)18(28)29)15(23)31-12-10-20(5-2)17(26)27/h13H,4-12H2,1-3H3,(H,24,25)(H,26,27)(H,28,29). The number of ether oxygens (including phenoxy) is 2. The minimum atomic E-state index is -1.38. The van der Waals surface area contributed by atoms with Crippen molar-refractivity contribution in [3.05, 3.63) is 0 Å². The lowest BCUT2D eigenvalue weighted by atomic mass is 10.1. The average Bonchev–Trinajstić information content (AvgIpc) is 2.70. The molecule has 178 valence electrons. The molecule has 0 radical (unpaired) electrons. The Morgan fingerprint density at radius 2 is 1.23 bits per heavy atom. The summed E-state index contributed by atoms with van der Waals surface area (Å²) in [5.41, 5.74) is 0. The number of rotatable bonds is 14. The second-order valence-corrected chi connectivity index (χ2v) is 6.24. The van der Waals surface area contributed by atoms with Gasteiger partial charge in [-0.15, -0.1) is 0 Å². The van der Waals surface area contributed by atoms with Crippen LogP contribution in [0.25, 0.3) is 0 Å². The fraction of sp³-hybridized carbons (Fsp3) is 0.722. The Morgan fingerprint density at radius 1 is 0.742 bits per heavy atom. The summed E-state index contributed by atoms with van der Waals surface area (Å²) < 4.78 is 9.98. The van der Waals surface area contributed by atoms with Gasteiger partial charge in [-0.2, -0.15) is 0 Å². The zero-order valence-corrected chi connectivity index (χ0v) is 18.0.